The first-order valence-electron chi connectivity index (χ1n) is 28.2. The van der Waals surface area contributed by atoms with Crippen LogP contribution in [0.15, 0.2) is 157 Å². The topological polar surface area (TPSA) is 48.0 Å². The molecule has 0 bridgehead atoms. The fraction of sp³-hybridized carbons (Fsp3) is 0.0217. The number of hydrogen-bond acceptors (Lipinski definition) is 3. The van der Waals surface area contributed by atoms with Gasteiger partial charge in [0.05, 0.1) is 63.2 Å². The van der Waals surface area contributed by atoms with Gasteiger partial charge in [-0.15, -0.1) is 0 Å². The second-order valence-electron chi connectivity index (χ2n) is 11.3. The number of para-hydroxylation sites is 2. The average Bonchev–Trinajstić information content (AvgIpc) is 4.13. The average molecular weight is 678 g/mol. The van der Waals surface area contributed by atoms with Gasteiger partial charge in [0.1, 0.15) is 0 Å². The number of rotatable bonds is 4. The minimum absolute atomic E-state index is 0.171. The van der Waals surface area contributed by atoms with Crippen LogP contribution >= 0.6 is 0 Å². The Bertz CT molecular complexity index is 4510. The molecule has 0 spiro atoms. The molecular weight excluding hydrogens is 623 g/mol. The highest BCUT2D eigenvalue weighted by atomic mass is 15.0. The van der Waals surface area contributed by atoms with Crippen molar-refractivity contribution < 1.29 is 35.6 Å². The summed E-state index contributed by atoms with van der Waals surface area (Å²) in [5, 5.41) is -1.77. The third-order valence-electron chi connectivity index (χ3n) is 8.47. The highest BCUT2D eigenvalue weighted by molar-refractivity contribution is 6.31. The van der Waals surface area contributed by atoms with Crippen LogP contribution in [0.5, 0.6) is 0 Å². The molecular formula is C46H29N5. The molecule has 0 unspecified atom stereocenters. The summed E-state index contributed by atoms with van der Waals surface area (Å²) in [5.74, 6) is -2.46. The van der Waals surface area contributed by atoms with Crippen molar-refractivity contribution in [2.45, 2.75) is 6.92 Å². The minimum Gasteiger partial charge on any atom is -0.309 e. The summed E-state index contributed by atoms with van der Waals surface area (Å²) in [6, 6.07) is -21.2. The molecule has 0 aliphatic heterocycles. The van der Waals surface area contributed by atoms with Gasteiger partial charge in [-0.3, -0.25) is 0 Å². The van der Waals surface area contributed by atoms with E-state index in [1.165, 1.54) is 6.92 Å². The van der Waals surface area contributed by atoms with Crippen molar-refractivity contribution in [1.82, 2.24) is 23.9 Å². The van der Waals surface area contributed by atoms with Gasteiger partial charge < -0.3 is 8.97 Å². The zero-order valence-electron chi connectivity index (χ0n) is 51.7. The lowest BCUT2D eigenvalue weighted by Gasteiger charge is -2.12. The summed E-state index contributed by atoms with van der Waals surface area (Å²) >= 11 is 0. The van der Waals surface area contributed by atoms with Gasteiger partial charge in [0.15, 0.2) is 17.5 Å². The molecule has 4 heterocycles. The second kappa shape index (κ2) is 10.6. The van der Waals surface area contributed by atoms with E-state index in [2.05, 4.69) is 15.0 Å². The monoisotopic (exact) mass is 677 g/mol. The van der Waals surface area contributed by atoms with Crippen LogP contribution in [0.2, 0.25) is 0 Å². The minimum atomic E-state index is -1.01. The summed E-state index contributed by atoms with van der Waals surface area (Å²) in [6.45, 7) is 1.32. The second-order valence-corrected chi connectivity index (χ2v) is 11.3. The Morgan fingerprint density at radius 2 is 0.980 bits per heavy atom. The van der Waals surface area contributed by atoms with Crippen molar-refractivity contribution in [3.63, 3.8) is 0 Å². The smallest absolute Gasteiger partial charge is 0.164 e. The first kappa shape index (κ1) is 12.8. The Morgan fingerprint density at radius 1 is 0.431 bits per heavy atom. The van der Waals surface area contributed by atoms with Gasteiger partial charge in [0.25, 0.3) is 0 Å². The normalized spacial score (nSPS) is 19.2. The lowest BCUT2D eigenvalue weighted by atomic mass is 10.0. The molecule has 0 amide bonds. The van der Waals surface area contributed by atoms with Gasteiger partial charge in [-0.1, -0.05) is 121 Å². The molecule has 0 saturated carbocycles. The van der Waals surface area contributed by atoms with Crippen LogP contribution in [0.4, 0.5) is 0 Å². The zero-order chi connectivity index (χ0) is 56.3. The molecule has 11 rings (SSSR count). The molecule has 0 N–H and O–H groups in total. The van der Waals surface area contributed by atoms with Crippen LogP contribution in [0, 0.1) is 6.92 Å². The summed E-state index contributed by atoms with van der Waals surface area (Å²) in [7, 11) is 0. The van der Waals surface area contributed by atoms with Crippen LogP contribution in [0.25, 0.3) is 99.8 Å². The maximum atomic E-state index is 10.0. The maximum absolute atomic E-state index is 10.0. The Balaban J connectivity index is 1.40. The molecule has 0 saturated heterocycles. The van der Waals surface area contributed by atoms with E-state index < -0.39 is 219 Å². The number of hydrogen-bond donors (Lipinski definition) is 0. The summed E-state index contributed by atoms with van der Waals surface area (Å²) in [6.07, 6.45) is 0. The quantitative estimate of drug-likeness (QED) is 0.186. The predicted molar refractivity (Wildman–Crippen MR) is 210 cm³/mol. The van der Waals surface area contributed by atoms with E-state index in [9.17, 15) is 15.1 Å². The van der Waals surface area contributed by atoms with Crippen molar-refractivity contribution in [2.24, 2.45) is 0 Å². The molecule has 0 radical (unpaired) electrons. The molecule has 11 aromatic rings. The largest absolute Gasteiger partial charge is 0.309 e. The van der Waals surface area contributed by atoms with Gasteiger partial charge in [-0.25, -0.2) is 15.0 Å². The summed E-state index contributed by atoms with van der Waals surface area (Å²) in [5.41, 5.74) is -5.13. The Morgan fingerprint density at radius 3 is 1.73 bits per heavy atom. The first-order chi connectivity index (χ1) is 36.0. The third kappa shape index (κ3) is 4.06. The van der Waals surface area contributed by atoms with E-state index in [4.69, 9.17) is 20.6 Å². The summed E-state index contributed by atoms with van der Waals surface area (Å²) < 4.78 is 236. The van der Waals surface area contributed by atoms with Crippen LogP contribution in [0.3, 0.4) is 0 Å². The lowest BCUT2D eigenvalue weighted by Crippen LogP contribution is -2.01. The van der Waals surface area contributed by atoms with Crippen LogP contribution in [0.1, 0.15) is 41.2 Å². The van der Waals surface area contributed by atoms with Gasteiger partial charge in [0.2, 0.25) is 0 Å². The van der Waals surface area contributed by atoms with E-state index in [0.717, 1.165) is 8.97 Å². The third-order valence-corrected chi connectivity index (χ3v) is 8.47. The molecule has 0 aliphatic carbocycles. The van der Waals surface area contributed by atoms with Crippen LogP contribution in [-0.4, -0.2) is 23.9 Å². The number of nitrogens with zero attached hydrogens (tertiary/aromatic N) is 5. The van der Waals surface area contributed by atoms with Crippen molar-refractivity contribution in [1.29, 1.82) is 0 Å². The fourth-order valence-electron chi connectivity index (χ4n) is 6.50. The lowest BCUT2D eigenvalue weighted by molar-refractivity contribution is 1.07. The van der Waals surface area contributed by atoms with Crippen molar-refractivity contribution in [3.05, 3.63) is 163 Å². The molecule has 7 aromatic carbocycles. The standard InChI is InChI=1S/C46H29N5/c1-28-25-36-35-21-11-20-34-33-19-8-9-22-37(33)51(43(34)35)39-24-12-23-38-42(39)41(36)40(26-28)50(38)32-18-10-17-31(27-32)46-48-44(29-13-4-2-5-14-29)47-45(49-46)30-15-6-3-7-16-30/h2-27H,1H3/i2D,3D,4D,5D,6D,7D,8D,9D,10D,11D,12D,13D,14D,15D,16D,17D,18D,19D,20D,21D,22D,23D,24D,25D,26D,27D. The molecule has 4 aromatic heterocycles. The molecule has 238 valence electrons. The van der Waals surface area contributed by atoms with Crippen molar-refractivity contribution >= 4 is 59.9 Å². The van der Waals surface area contributed by atoms with Gasteiger partial charge >= 0.3 is 0 Å². The molecule has 5 nitrogen and oxygen atoms in total. The molecule has 5 heteroatoms. The molecule has 0 aliphatic rings. The number of aromatic nitrogens is 5. The Hall–Kier alpha value is -6.85. The Labute approximate surface area is 329 Å². The SMILES string of the molecule is [2H]c1c([2H])c([2H])c(-c2nc(-c3c([2H])c([2H])c([2H])c([2H])c3[2H])nc(-c3c([2H])c([2H])c([2H])c(-n4c5c([2H])c(C)c([2H])c6c7c([2H])c([2H])c([2H])c8c9c([2H])c([2H])c([2H])c([2H])c9n(c9c([2H])c([2H])c([2H])c4c9c65)c78)c3[2H])n2)c([2H])c1[2H]. The van der Waals surface area contributed by atoms with Gasteiger partial charge in [-0.05, 0) is 54.1 Å². The van der Waals surface area contributed by atoms with E-state index in [1.54, 1.807) is 0 Å². The van der Waals surface area contributed by atoms with Crippen molar-refractivity contribution in [3.8, 4) is 39.9 Å². The zero-order valence-corrected chi connectivity index (χ0v) is 25.7. The van der Waals surface area contributed by atoms with Gasteiger partial charge in [-0.2, -0.15) is 0 Å². The van der Waals surface area contributed by atoms with E-state index in [0.29, 0.717) is 0 Å². The first-order valence-corrected chi connectivity index (χ1v) is 15.2. The van der Waals surface area contributed by atoms with Gasteiger partial charge in [0, 0.05) is 49.3 Å². The van der Waals surface area contributed by atoms with Crippen molar-refractivity contribution in [2.75, 3.05) is 0 Å². The highest BCUT2D eigenvalue weighted by Gasteiger charge is 2.22. The number of fused-ring (bicyclic) bond motifs is 5. The van der Waals surface area contributed by atoms with E-state index in [1.807, 2.05) is 0 Å². The molecule has 51 heavy (non-hydrogen) atoms. The fourth-order valence-corrected chi connectivity index (χ4v) is 6.50. The molecule has 0 fully saturated rings. The highest BCUT2D eigenvalue weighted by Crippen LogP contribution is 2.44. The summed E-state index contributed by atoms with van der Waals surface area (Å²) in [4.78, 5) is 12.9. The predicted octanol–water partition coefficient (Wildman–Crippen LogP) is 11.4. The maximum Gasteiger partial charge on any atom is 0.164 e. The molecule has 0 atom stereocenters. The van der Waals surface area contributed by atoms with E-state index >= 15 is 0 Å². The van der Waals surface area contributed by atoms with Crippen LogP contribution in [-0.2, 0) is 0 Å². The Kier molecular flexibility index (Phi) is 2.65. The number of benzene rings is 7. The van der Waals surface area contributed by atoms with Crippen LogP contribution < -0.4 is 0 Å². The van der Waals surface area contributed by atoms with E-state index in [-0.39, 0.29) is 43.4 Å².